The van der Waals surface area contributed by atoms with E-state index >= 15 is 0 Å². The number of hydrogen-bond donors (Lipinski definition) is 0. The normalized spacial score (nSPS) is 6.17. The predicted octanol–water partition coefficient (Wildman–Crippen LogP) is -0.370. The first-order valence-electron chi connectivity index (χ1n) is 1.41. The molecule has 0 amide bonds. The van der Waals surface area contributed by atoms with Crippen LogP contribution in [0.25, 0.3) is 0 Å². The molecule has 1 nitrogen and oxygen atoms in total. The Labute approximate surface area is 52.8 Å². The van der Waals surface area contributed by atoms with Gasteiger partial charge in [0, 0.05) is 12.3 Å². The highest BCUT2D eigenvalue weighted by Gasteiger charge is 1.69. The van der Waals surface area contributed by atoms with Crippen molar-refractivity contribution in [3.63, 3.8) is 0 Å². The average molecular weight is 123 g/mol. The van der Waals surface area contributed by atoms with Crippen LogP contribution in [-0.2, 0) is 4.79 Å². The summed E-state index contributed by atoms with van der Waals surface area (Å²) < 4.78 is 0. The minimum Gasteiger partial charge on any atom is -0.303 e. The van der Waals surface area contributed by atoms with Crippen LogP contribution in [-0.4, -0.2) is 29.5 Å². The first kappa shape index (κ1) is 9.70. The molecule has 0 radical (unpaired) electrons. The van der Waals surface area contributed by atoms with Gasteiger partial charge in [-0.3, -0.25) is 0 Å². The average Bonchev–Trinajstić information content (AvgIpc) is 1.41. The predicted molar refractivity (Wildman–Crippen MR) is 31.3 cm³/mol. The second-order valence-corrected chi connectivity index (χ2v) is 1.02. The molecule has 0 saturated heterocycles. The summed E-state index contributed by atoms with van der Waals surface area (Å²) in [5, 5.41) is 0. The molecular formula is C3H8AlClO. The van der Waals surface area contributed by atoms with Crippen molar-refractivity contribution in [2.75, 3.05) is 5.88 Å². The lowest BCUT2D eigenvalue weighted by Gasteiger charge is -1.66. The van der Waals surface area contributed by atoms with Gasteiger partial charge in [0.1, 0.15) is 6.29 Å². The standard InChI is InChI=1S/C3H5ClO.Al.3H/c4-2-1-3-5;;;;/h3H,1-2H2;;;;. The van der Waals surface area contributed by atoms with Crippen LogP contribution in [0, 0.1) is 0 Å². The first-order chi connectivity index (χ1) is 2.41. The SMILES string of the molecule is O=CCCCl.[AlH3]. The fraction of sp³-hybridized carbons (Fsp3) is 0.667. The maximum absolute atomic E-state index is 9.32. The van der Waals surface area contributed by atoms with Crippen LogP contribution in [0.15, 0.2) is 0 Å². The molecule has 0 fully saturated rings. The summed E-state index contributed by atoms with van der Waals surface area (Å²) in [4.78, 5) is 9.32. The highest BCUT2D eigenvalue weighted by Crippen LogP contribution is 1.74. The molecule has 0 heterocycles. The molecule has 0 unspecified atom stereocenters. The Morgan fingerprint density at radius 3 is 2.17 bits per heavy atom. The van der Waals surface area contributed by atoms with Crippen molar-refractivity contribution < 1.29 is 4.79 Å². The lowest BCUT2D eigenvalue weighted by molar-refractivity contribution is -0.107. The lowest BCUT2D eigenvalue weighted by Crippen LogP contribution is -1.70. The Balaban J connectivity index is 0. The second-order valence-electron chi connectivity index (χ2n) is 0.644. The smallest absolute Gasteiger partial charge is 0.187 e. The van der Waals surface area contributed by atoms with Crippen LogP contribution >= 0.6 is 11.6 Å². The Kier molecular flexibility index (Phi) is 14.7. The van der Waals surface area contributed by atoms with Gasteiger partial charge in [-0.1, -0.05) is 0 Å². The maximum atomic E-state index is 9.32. The summed E-state index contributed by atoms with van der Waals surface area (Å²) in [6.45, 7) is 0. The van der Waals surface area contributed by atoms with E-state index in [0.29, 0.717) is 12.3 Å². The number of carbonyl (C=O) groups excluding carboxylic acids is 1. The monoisotopic (exact) mass is 122 g/mol. The van der Waals surface area contributed by atoms with Crippen molar-refractivity contribution in [3.8, 4) is 0 Å². The summed E-state index contributed by atoms with van der Waals surface area (Å²) in [6, 6.07) is 0. The van der Waals surface area contributed by atoms with Crippen molar-refractivity contribution in [2.24, 2.45) is 0 Å². The number of hydrogen-bond acceptors (Lipinski definition) is 1. The van der Waals surface area contributed by atoms with Crippen molar-refractivity contribution in [1.82, 2.24) is 0 Å². The highest BCUT2D eigenvalue weighted by atomic mass is 35.5. The van der Waals surface area contributed by atoms with Crippen LogP contribution in [0.4, 0.5) is 0 Å². The van der Waals surface area contributed by atoms with Gasteiger partial charge in [0.15, 0.2) is 17.4 Å². The van der Waals surface area contributed by atoms with Gasteiger partial charge in [0.2, 0.25) is 0 Å². The third-order valence-corrected chi connectivity index (χ3v) is 0.445. The number of rotatable bonds is 2. The summed E-state index contributed by atoms with van der Waals surface area (Å²) in [5.74, 6) is 0.448. The minimum atomic E-state index is 0. The molecule has 0 N–H and O–H groups in total. The first-order valence-corrected chi connectivity index (χ1v) is 1.95. The Morgan fingerprint density at radius 2 is 2.17 bits per heavy atom. The number of alkyl halides is 1. The van der Waals surface area contributed by atoms with Crippen molar-refractivity contribution in [2.45, 2.75) is 6.42 Å². The van der Waals surface area contributed by atoms with Gasteiger partial charge in [-0.25, -0.2) is 0 Å². The van der Waals surface area contributed by atoms with Gasteiger partial charge < -0.3 is 4.79 Å². The fourth-order valence-corrected chi connectivity index (χ4v) is 0.134. The molecule has 0 aliphatic heterocycles. The third-order valence-electron chi connectivity index (χ3n) is 0.227. The van der Waals surface area contributed by atoms with Crippen LogP contribution in [0.5, 0.6) is 0 Å². The van der Waals surface area contributed by atoms with Crippen LogP contribution in [0.1, 0.15) is 6.42 Å². The summed E-state index contributed by atoms with van der Waals surface area (Å²) in [7, 11) is 0. The van der Waals surface area contributed by atoms with Gasteiger partial charge in [-0.2, -0.15) is 0 Å². The zero-order chi connectivity index (χ0) is 4.12. The molecule has 6 heavy (non-hydrogen) atoms. The number of aldehydes is 1. The number of carbonyl (C=O) groups is 1. The Bertz CT molecular complexity index is 32.0. The van der Waals surface area contributed by atoms with E-state index in [-0.39, 0.29) is 17.4 Å². The van der Waals surface area contributed by atoms with Crippen molar-refractivity contribution in [3.05, 3.63) is 0 Å². The largest absolute Gasteiger partial charge is 0.303 e. The zero-order valence-electron chi connectivity index (χ0n) is 2.78. The molecule has 0 aromatic heterocycles. The van der Waals surface area contributed by atoms with E-state index in [2.05, 4.69) is 0 Å². The second kappa shape index (κ2) is 9.09. The maximum Gasteiger partial charge on any atom is 0.187 e. The minimum absolute atomic E-state index is 0. The summed E-state index contributed by atoms with van der Waals surface area (Å²) in [5.41, 5.74) is 0. The molecule has 0 saturated carbocycles. The molecule has 0 spiro atoms. The summed E-state index contributed by atoms with van der Waals surface area (Å²) in [6.07, 6.45) is 1.27. The van der Waals surface area contributed by atoms with E-state index in [1.165, 1.54) is 0 Å². The molecule has 0 aromatic carbocycles. The van der Waals surface area contributed by atoms with Crippen molar-refractivity contribution in [1.29, 1.82) is 0 Å². The Hall–Kier alpha value is 0.492. The van der Waals surface area contributed by atoms with E-state index in [0.717, 1.165) is 6.29 Å². The van der Waals surface area contributed by atoms with Gasteiger partial charge in [0.25, 0.3) is 0 Å². The summed E-state index contributed by atoms with van der Waals surface area (Å²) >= 11 is 5.07. The Morgan fingerprint density at radius 1 is 1.67 bits per heavy atom. The van der Waals surface area contributed by atoms with E-state index in [1.54, 1.807) is 0 Å². The fourth-order valence-electron chi connectivity index (χ4n) is 0.0445. The topological polar surface area (TPSA) is 17.1 Å². The van der Waals surface area contributed by atoms with Gasteiger partial charge in [-0.05, 0) is 0 Å². The lowest BCUT2D eigenvalue weighted by atomic mass is 10.6. The number of halogens is 1. The molecule has 36 valence electrons. The van der Waals surface area contributed by atoms with Crippen LogP contribution < -0.4 is 0 Å². The van der Waals surface area contributed by atoms with Gasteiger partial charge in [-0.15, -0.1) is 11.6 Å². The molecular weight excluding hydrogens is 114 g/mol. The zero-order valence-corrected chi connectivity index (χ0v) is 3.53. The molecule has 0 aromatic rings. The van der Waals surface area contributed by atoms with Crippen LogP contribution in [0.3, 0.4) is 0 Å². The van der Waals surface area contributed by atoms with E-state index in [1.807, 2.05) is 0 Å². The molecule has 0 atom stereocenters. The van der Waals surface area contributed by atoms with Crippen LogP contribution in [0.2, 0.25) is 0 Å². The van der Waals surface area contributed by atoms with E-state index in [9.17, 15) is 4.79 Å². The molecule has 0 aliphatic rings. The molecule has 0 rings (SSSR count). The van der Waals surface area contributed by atoms with Gasteiger partial charge >= 0.3 is 0 Å². The quantitative estimate of drug-likeness (QED) is 0.278. The van der Waals surface area contributed by atoms with E-state index in [4.69, 9.17) is 11.6 Å². The molecule has 0 aliphatic carbocycles. The highest BCUT2D eigenvalue weighted by molar-refractivity contribution is 6.18. The third kappa shape index (κ3) is 8.82. The van der Waals surface area contributed by atoms with E-state index < -0.39 is 0 Å². The van der Waals surface area contributed by atoms with Crippen molar-refractivity contribution >= 4 is 35.2 Å². The molecule has 3 heteroatoms. The molecule has 0 bridgehead atoms. The van der Waals surface area contributed by atoms with Gasteiger partial charge in [0.05, 0.1) is 0 Å².